The number of thiazole rings is 1. The zero-order valence-electron chi connectivity index (χ0n) is 8.28. The van der Waals surface area contributed by atoms with Crippen molar-refractivity contribution in [1.29, 1.82) is 0 Å². The molecule has 0 unspecified atom stereocenters. The number of carbonyl (C=O) groups is 1. The lowest BCUT2D eigenvalue weighted by atomic mass is 10.3. The maximum atomic E-state index is 13.1. The van der Waals surface area contributed by atoms with Gasteiger partial charge in [0.25, 0.3) is 0 Å². The summed E-state index contributed by atoms with van der Waals surface area (Å²) in [7, 11) is 0. The van der Waals surface area contributed by atoms with Gasteiger partial charge < -0.3 is 10.4 Å². The maximum Gasteiger partial charge on any atom is 0.357 e. The zero-order chi connectivity index (χ0) is 12.4. The average Bonchev–Trinajstić information content (AvgIpc) is 2.63. The molecule has 1 aromatic heterocycles. The molecule has 17 heavy (non-hydrogen) atoms. The van der Waals surface area contributed by atoms with E-state index >= 15 is 0 Å². The third-order valence-corrected chi connectivity index (χ3v) is 2.85. The molecule has 2 rings (SSSR count). The summed E-state index contributed by atoms with van der Waals surface area (Å²) >= 11 is 6.80. The Morgan fingerprint density at radius 3 is 2.88 bits per heavy atom. The number of hydrogen-bond donors (Lipinski definition) is 2. The predicted molar refractivity (Wildman–Crippen MR) is 63.8 cm³/mol. The van der Waals surface area contributed by atoms with Gasteiger partial charge in [-0.3, -0.25) is 0 Å². The number of carboxylic acids is 1. The van der Waals surface area contributed by atoms with Crippen molar-refractivity contribution in [2.45, 2.75) is 0 Å². The fraction of sp³-hybridized carbons (Fsp3) is 0. The fourth-order valence-electron chi connectivity index (χ4n) is 1.24. The molecule has 0 spiro atoms. The van der Waals surface area contributed by atoms with Crippen LogP contribution in [0.15, 0.2) is 23.7 Å². The van der Waals surface area contributed by atoms with Gasteiger partial charge in [-0.05, 0) is 18.2 Å². The summed E-state index contributed by atoms with van der Waals surface area (Å²) in [6, 6.07) is 3.88. The minimum atomic E-state index is -1.14. The van der Waals surface area contributed by atoms with E-state index in [-0.39, 0.29) is 10.7 Å². The highest BCUT2D eigenvalue weighted by Gasteiger charge is 2.13. The van der Waals surface area contributed by atoms with Crippen LogP contribution in [0, 0.1) is 5.82 Å². The number of carboxylic acid groups (broad SMARTS) is 1. The first-order valence-corrected chi connectivity index (χ1v) is 5.72. The highest BCUT2D eigenvalue weighted by Crippen LogP contribution is 2.27. The van der Waals surface area contributed by atoms with Gasteiger partial charge in [0.2, 0.25) is 0 Å². The molecule has 7 heteroatoms. The predicted octanol–water partition coefficient (Wildman–Crippen LogP) is 3.38. The molecule has 0 aliphatic rings. The van der Waals surface area contributed by atoms with Crippen molar-refractivity contribution in [3.05, 3.63) is 40.2 Å². The molecule has 1 aromatic carbocycles. The Morgan fingerprint density at radius 2 is 2.24 bits per heavy atom. The molecule has 0 radical (unpaired) electrons. The molecule has 0 bridgehead atoms. The van der Waals surface area contributed by atoms with Crippen molar-refractivity contribution in [1.82, 2.24) is 4.98 Å². The lowest BCUT2D eigenvalue weighted by Crippen LogP contribution is -2.01. The molecular weight excluding hydrogens is 267 g/mol. The van der Waals surface area contributed by atoms with Crippen LogP contribution < -0.4 is 5.32 Å². The van der Waals surface area contributed by atoms with E-state index in [2.05, 4.69) is 10.3 Å². The zero-order valence-corrected chi connectivity index (χ0v) is 9.85. The van der Waals surface area contributed by atoms with Gasteiger partial charge in [-0.25, -0.2) is 14.2 Å². The van der Waals surface area contributed by atoms with Crippen LogP contribution in [0.25, 0.3) is 0 Å². The van der Waals surface area contributed by atoms with Crippen LogP contribution in [0.1, 0.15) is 10.5 Å². The van der Waals surface area contributed by atoms with E-state index in [1.165, 1.54) is 17.6 Å². The first kappa shape index (κ1) is 11.8. The minimum absolute atomic E-state index is 0.101. The van der Waals surface area contributed by atoms with E-state index in [9.17, 15) is 9.18 Å². The van der Waals surface area contributed by atoms with Crippen molar-refractivity contribution < 1.29 is 14.3 Å². The molecule has 2 N–H and O–H groups in total. The Bertz CT molecular complexity index is 553. The first-order valence-electron chi connectivity index (χ1n) is 4.46. The summed E-state index contributed by atoms with van der Waals surface area (Å²) in [6.45, 7) is 0. The SMILES string of the molecule is O=C(O)c1ncsc1Nc1cc(F)cc(Cl)c1. The Morgan fingerprint density at radius 1 is 1.47 bits per heavy atom. The monoisotopic (exact) mass is 272 g/mol. The molecule has 0 aliphatic heterocycles. The molecule has 0 atom stereocenters. The number of nitrogens with one attached hydrogen (secondary N) is 1. The van der Waals surface area contributed by atoms with Gasteiger partial charge in [0, 0.05) is 10.7 Å². The minimum Gasteiger partial charge on any atom is -0.476 e. The van der Waals surface area contributed by atoms with Crippen LogP contribution in [0.3, 0.4) is 0 Å². The van der Waals surface area contributed by atoms with Gasteiger partial charge in [0.15, 0.2) is 5.69 Å². The molecule has 88 valence electrons. The Balaban J connectivity index is 2.31. The van der Waals surface area contributed by atoms with Crippen molar-refractivity contribution in [2.75, 3.05) is 5.32 Å². The average molecular weight is 273 g/mol. The fourth-order valence-corrected chi connectivity index (χ4v) is 2.16. The van der Waals surface area contributed by atoms with E-state index in [1.807, 2.05) is 0 Å². The molecule has 0 fully saturated rings. The molecule has 0 aliphatic carbocycles. The van der Waals surface area contributed by atoms with Crippen molar-refractivity contribution in [3.63, 3.8) is 0 Å². The molecular formula is C10H6ClFN2O2S. The normalized spacial score (nSPS) is 10.2. The van der Waals surface area contributed by atoms with Gasteiger partial charge in [0.05, 0.1) is 5.51 Å². The summed E-state index contributed by atoms with van der Waals surface area (Å²) < 4.78 is 13.1. The van der Waals surface area contributed by atoms with Crippen LogP contribution in [0.2, 0.25) is 5.02 Å². The van der Waals surface area contributed by atoms with Gasteiger partial charge >= 0.3 is 5.97 Å². The number of hydrogen-bond acceptors (Lipinski definition) is 4. The quantitative estimate of drug-likeness (QED) is 0.899. The van der Waals surface area contributed by atoms with Crippen LogP contribution in [-0.4, -0.2) is 16.1 Å². The van der Waals surface area contributed by atoms with Crippen molar-refractivity contribution >= 4 is 39.6 Å². The van der Waals surface area contributed by atoms with Gasteiger partial charge in [-0.15, -0.1) is 11.3 Å². The van der Waals surface area contributed by atoms with Crippen LogP contribution in [0.4, 0.5) is 15.1 Å². The standard InChI is InChI=1S/C10H6ClFN2O2S/c11-5-1-6(12)3-7(2-5)14-9-8(10(15)16)13-4-17-9/h1-4,14H,(H,15,16). The summed E-state index contributed by atoms with van der Waals surface area (Å²) in [4.78, 5) is 14.5. The van der Waals surface area contributed by atoms with E-state index in [0.29, 0.717) is 10.7 Å². The van der Waals surface area contributed by atoms with E-state index in [0.717, 1.165) is 17.4 Å². The molecule has 2 aromatic rings. The second kappa shape index (κ2) is 4.68. The molecule has 0 amide bonds. The van der Waals surface area contributed by atoms with Gasteiger partial charge in [-0.1, -0.05) is 11.6 Å². The van der Waals surface area contributed by atoms with Gasteiger partial charge in [-0.2, -0.15) is 0 Å². The maximum absolute atomic E-state index is 13.1. The van der Waals surface area contributed by atoms with Crippen LogP contribution >= 0.6 is 22.9 Å². The molecule has 1 heterocycles. The Kier molecular flexibility index (Phi) is 3.26. The largest absolute Gasteiger partial charge is 0.476 e. The third-order valence-electron chi connectivity index (χ3n) is 1.89. The first-order chi connectivity index (χ1) is 8.06. The smallest absolute Gasteiger partial charge is 0.357 e. The Hall–Kier alpha value is -1.66. The number of benzene rings is 1. The number of aromatic carboxylic acids is 1. The number of aromatic nitrogens is 1. The summed E-state index contributed by atoms with van der Waals surface area (Å²) in [5.74, 6) is -1.64. The summed E-state index contributed by atoms with van der Waals surface area (Å²) in [6.07, 6.45) is 0. The van der Waals surface area contributed by atoms with Crippen LogP contribution in [-0.2, 0) is 0 Å². The van der Waals surface area contributed by atoms with E-state index in [4.69, 9.17) is 16.7 Å². The molecule has 0 saturated heterocycles. The molecule has 0 saturated carbocycles. The third kappa shape index (κ3) is 2.72. The summed E-state index contributed by atoms with van der Waals surface area (Å²) in [5.41, 5.74) is 1.67. The Labute approximate surface area is 105 Å². The van der Waals surface area contributed by atoms with E-state index < -0.39 is 11.8 Å². The number of anilines is 2. The second-order valence-electron chi connectivity index (χ2n) is 3.12. The second-order valence-corrected chi connectivity index (χ2v) is 4.41. The number of rotatable bonds is 3. The van der Waals surface area contributed by atoms with Crippen molar-refractivity contribution in [3.8, 4) is 0 Å². The lowest BCUT2D eigenvalue weighted by molar-refractivity contribution is 0.0692. The van der Waals surface area contributed by atoms with E-state index in [1.54, 1.807) is 0 Å². The lowest BCUT2D eigenvalue weighted by Gasteiger charge is -2.05. The highest BCUT2D eigenvalue weighted by molar-refractivity contribution is 7.14. The number of halogens is 2. The van der Waals surface area contributed by atoms with Gasteiger partial charge in [0.1, 0.15) is 10.8 Å². The molecule has 4 nitrogen and oxygen atoms in total. The van der Waals surface area contributed by atoms with Crippen LogP contribution in [0.5, 0.6) is 0 Å². The van der Waals surface area contributed by atoms with Crippen molar-refractivity contribution in [2.24, 2.45) is 0 Å². The highest BCUT2D eigenvalue weighted by atomic mass is 35.5. The number of nitrogens with zero attached hydrogens (tertiary/aromatic N) is 1. The topological polar surface area (TPSA) is 62.2 Å². The summed E-state index contributed by atoms with van der Waals surface area (Å²) in [5, 5.41) is 12.2.